The zero-order chi connectivity index (χ0) is 13.1. The number of nitrogens with zero attached hydrogens (tertiary/aromatic N) is 2. The highest BCUT2D eigenvalue weighted by Gasteiger charge is 2.12. The molecule has 0 fully saturated rings. The third-order valence-corrected chi connectivity index (χ3v) is 2.24. The number of carbonyl (C=O) groups excluding carboxylic acids is 1. The average Bonchev–Trinajstić information content (AvgIpc) is 2.76. The van der Waals surface area contributed by atoms with E-state index in [1.807, 2.05) is 0 Å². The van der Waals surface area contributed by atoms with Crippen LogP contribution >= 0.6 is 0 Å². The van der Waals surface area contributed by atoms with Crippen LogP contribution in [-0.4, -0.2) is 33.3 Å². The monoisotopic (exact) mass is 248 g/mol. The van der Waals surface area contributed by atoms with Crippen molar-refractivity contribution in [3.05, 3.63) is 29.8 Å². The van der Waals surface area contributed by atoms with E-state index in [1.165, 1.54) is 13.2 Å². The summed E-state index contributed by atoms with van der Waals surface area (Å²) in [7, 11) is 1.45. The van der Waals surface area contributed by atoms with Gasteiger partial charge < -0.3 is 15.2 Å². The fraction of sp³-hybridized carbons (Fsp3) is 0.182. The third kappa shape index (κ3) is 2.40. The molecule has 1 heterocycles. The Balaban J connectivity index is 2.14. The number of phenols is 1. The Morgan fingerprint density at radius 2 is 2.28 bits per heavy atom. The van der Waals surface area contributed by atoms with Crippen molar-refractivity contribution in [3.63, 3.8) is 0 Å². The van der Waals surface area contributed by atoms with Gasteiger partial charge in [-0.05, 0) is 19.1 Å². The molecule has 0 saturated carbocycles. The average molecular weight is 248 g/mol. The summed E-state index contributed by atoms with van der Waals surface area (Å²) in [5.41, 5.74) is 0.431. The molecule has 7 nitrogen and oxygen atoms in total. The number of phenolic OH excluding ortho intramolecular Hbond substituents is 1. The molecule has 0 atom stereocenters. The van der Waals surface area contributed by atoms with Crippen molar-refractivity contribution >= 4 is 11.6 Å². The smallest absolute Gasteiger partial charge is 0.295 e. The van der Waals surface area contributed by atoms with Crippen LogP contribution < -0.4 is 10.1 Å². The molecule has 0 radical (unpaired) electrons. The van der Waals surface area contributed by atoms with Crippen LogP contribution in [0.5, 0.6) is 11.5 Å². The van der Waals surface area contributed by atoms with Crippen molar-refractivity contribution in [1.82, 2.24) is 15.2 Å². The third-order valence-electron chi connectivity index (χ3n) is 2.24. The number of aromatic nitrogens is 3. The minimum Gasteiger partial charge on any atom is -0.504 e. The standard InChI is InChI=1S/C11H12N4O3/c1-6-12-10(15-14-6)11(17)13-7-3-4-9(18-2)8(16)5-7/h3-5,16H,1-2H3,(H,13,17)(H,12,14,15). The lowest BCUT2D eigenvalue weighted by Crippen LogP contribution is -2.13. The molecule has 1 amide bonds. The van der Waals surface area contributed by atoms with Gasteiger partial charge in [-0.2, -0.15) is 0 Å². The zero-order valence-corrected chi connectivity index (χ0v) is 9.89. The second kappa shape index (κ2) is 4.74. The van der Waals surface area contributed by atoms with Gasteiger partial charge in [0.15, 0.2) is 11.5 Å². The summed E-state index contributed by atoms with van der Waals surface area (Å²) in [5, 5.41) is 18.4. The second-order valence-corrected chi connectivity index (χ2v) is 3.59. The molecule has 2 aromatic rings. The van der Waals surface area contributed by atoms with Gasteiger partial charge in [0.05, 0.1) is 7.11 Å². The molecule has 7 heteroatoms. The Morgan fingerprint density at radius 1 is 1.50 bits per heavy atom. The highest BCUT2D eigenvalue weighted by molar-refractivity contribution is 6.01. The number of aromatic amines is 1. The Morgan fingerprint density at radius 3 is 2.83 bits per heavy atom. The second-order valence-electron chi connectivity index (χ2n) is 3.59. The van der Waals surface area contributed by atoms with E-state index in [0.29, 0.717) is 17.3 Å². The van der Waals surface area contributed by atoms with Gasteiger partial charge in [0.25, 0.3) is 5.91 Å². The van der Waals surface area contributed by atoms with E-state index in [4.69, 9.17) is 4.74 Å². The van der Waals surface area contributed by atoms with Crippen molar-refractivity contribution in [2.24, 2.45) is 0 Å². The lowest BCUT2D eigenvalue weighted by molar-refractivity contribution is 0.101. The summed E-state index contributed by atoms with van der Waals surface area (Å²) in [5.74, 6) is 0.424. The minimum atomic E-state index is -0.455. The van der Waals surface area contributed by atoms with Gasteiger partial charge in [0, 0.05) is 11.8 Å². The van der Waals surface area contributed by atoms with Gasteiger partial charge in [-0.3, -0.25) is 9.89 Å². The molecule has 0 aliphatic heterocycles. The molecule has 2 rings (SSSR count). The molecule has 1 aromatic heterocycles. The molecule has 1 aromatic carbocycles. The Kier molecular flexibility index (Phi) is 3.13. The molecule has 3 N–H and O–H groups in total. The number of amides is 1. The number of rotatable bonds is 3. The number of ether oxygens (including phenoxy) is 1. The summed E-state index contributed by atoms with van der Waals surface area (Å²) in [6.07, 6.45) is 0. The lowest BCUT2D eigenvalue weighted by atomic mass is 10.2. The van der Waals surface area contributed by atoms with E-state index in [-0.39, 0.29) is 11.6 Å². The van der Waals surface area contributed by atoms with E-state index in [9.17, 15) is 9.90 Å². The molecule has 94 valence electrons. The Bertz CT molecular complexity index is 579. The van der Waals surface area contributed by atoms with Crippen molar-refractivity contribution in [1.29, 1.82) is 0 Å². The molecular formula is C11H12N4O3. The van der Waals surface area contributed by atoms with Crippen LogP contribution in [0.15, 0.2) is 18.2 Å². The topological polar surface area (TPSA) is 100 Å². The maximum Gasteiger partial charge on any atom is 0.295 e. The summed E-state index contributed by atoms with van der Waals surface area (Å²) in [4.78, 5) is 15.6. The van der Waals surface area contributed by atoms with Crippen LogP contribution in [0.1, 0.15) is 16.4 Å². The first-order chi connectivity index (χ1) is 8.60. The van der Waals surface area contributed by atoms with Gasteiger partial charge in [0.2, 0.25) is 5.82 Å². The highest BCUT2D eigenvalue weighted by atomic mass is 16.5. The minimum absolute atomic E-state index is 0.0443. The summed E-state index contributed by atoms with van der Waals surface area (Å²) >= 11 is 0. The number of carbonyl (C=O) groups is 1. The quantitative estimate of drug-likeness (QED) is 0.754. The van der Waals surface area contributed by atoms with Crippen LogP contribution in [0.25, 0.3) is 0 Å². The molecule has 0 bridgehead atoms. The number of benzene rings is 1. The van der Waals surface area contributed by atoms with Crippen LogP contribution in [0.2, 0.25) is 0 Å². The summed E-state index contributed by atoms with van der Waals surface area (Å²) < 4.78 is 4.90. The van der Waals surface area contributed by atoms with E-state index < -0.39 is 5.91 Å². The lowest BCUT2D eigenvalue weighted by Gasteiger charge is -2.06. The van der Waals surface area contributed by atoms with Crippen LogP contribution in [0, 0.1) is 6.92 Å². The number of H-pyrrole nitrogens is 1. The van der Waals surface area contributed by atoms with Crippen LogP contribution in [0.4, 0.5) is 5.69 Å². The summed E-state index contributed by atoms with van der Waals surface area (Å²) in [6, 6.07) is 4.54. The number of hydrogen-bond donors (Lipinski definition) is 3. The van der Waals surface area contributed by atoms with Crippen LogP contribution in [0.3, 0.4) is 0 Å². The normalized spacial score (nSPS) is 10.1. The molecular weight excluding hydrogens is 236 g/mol. The summed E-state index contributed by atoms with van der Waals surface area (Å²) in [6.45, 7) is 1.70. The first kappa shape index (κ1) is 11.9. The van der Waals surface area contributed by atoms with E-state index in [2.05, 4.69) is 20.5 Å². The predicted octanol–water partition coefficient (Wildman–Crippen LogP) is 1.08. The fourth-order valence-electron chi connectivity index (χ4n) is 1.40. The molecule has 0 unspecified atom stereocenters. The van der Waals surface area contributed by atoms with Gasteiger partial charge in [-0.15, -0.1) is 5.10 Å². The van der Waals surface area contributed by atoms with E-state index in [0.717, 1.165) is 0 Å². The molecule has 0 spiro atoms. The predicted molar refractivity (Wildman–Crippen MR) is 63.7 cm³/mol. The van der Waals surface area contributed by atoms with Gasteiger partial charge in [-0.1, -0.05) is 0 Å². The largest absolute Gasteiger partial charge is 0.504 e. The number of aromatic hydroxyl groups is 1. The maximum absolute atomic E-state index is 11.7. The molecule has 0 aliphatic rings. The molecule has 18 heavy (non-hydrogen) atoms. The first-order valence-corrected chi connectivity index (χ1v) is 5.17. The fourth-order valence-corrected chi connectivity index (χ4v) is 1.40. The van der Waals surface area contributed by atoms with Gasteiger partial charge in [0.1, 0.15) is 5.82 Å². The maximum atomic E-state index is 11.7. The number of aryl methyl sites for hydroxylation is 1. The number of anilines is 1. The van der Waals surface area contributed by atoms with Crippen molar-refractivity contribution in [2.75, 3.05) is 12.4 Å². The van der Waals surface area contributed by atoms with E-state index in [1.54, 1.807) is 19.1 Å². The number of methoxy groups -OCH3 is 1. The SMILES string of the molecule is COc1ccc(NC(=O)c2n[nH]c(C)n2)cc1O. The van der Waals surface area contributed by atoms with Crippen molar-refractivity contribution < 1.29 is 14.6 Å². The molecule has 0 aliphatic carbocycles. The first-order valence-electron chi connectivity index (χ1n) is 5.17. The van der Waals surface area contributed by atoms with Crippen LogP contribution in [-0.2, 0) is 0 Å². The zero-order valence-electron chi connectivity index (χ0n) is 9.89. The van der Waals surface area contributed by atoms with Gasteiger partial charge >= 0.3 is 0 Å². The van der Waals surface area contributed by atoms with Crippen molar-refractivity contribution in [3.8, 4) is 11.5 Å². The highest BCUT2D eigenvalue weighted by Crippen LogP contribution is 2.28. The van der Waals surface area contributed by atoms with Gasteiger partial charge in [-0.25, -0.2) is 4.98 Å². The Hall–Kier alpha value is -2.57. The Labute approximate surface area is 103 Å². The van der Waals surface area contributed by atoms with E-state index >= 15 is 0 Å². The number of nitrogens with one attached hydrogen (secondary N) is 2. The number of hydrogen-bond acceptors (Lipinski definition) is 5. The van der Waals surface area contributed by atoms with Crippen molar-refractivity contribution in [2.45, 2.75) is 6.92 Å². The molecule has 0 saturated heterocycles.